The minimum Gasteiger partial charge on any atom is -0.311 e. The number of rotatable bonds is 2. The van der Waals surface area contributed by atoms with Crippen molar-refractivity contribution in [2.45, 2.75) is 6.42 Å². The Bertz CT molecular complexity index is 496. The fourth-order valence-electron chi connectivity index (χ4n) is 1.91. The summed E-state index contributed by atoms with van der Waals surface area (Å²) in [6, 6.07) is 7.36. The second-order valence-electron chi connectivity index (χ2n) is 4.01. The van der Waals surface area contributed by atoms with Gasteiger partial charge in [0.05, 0.1) is 17.3 Å². The van der Waals surface area contributed by atoms with Gasteiger partial charge in [-0.1, -0.05) is 15.9 Å². The highest BCUT2D eigenvalue weighted by Gasteiger charge is 2.30. The molecule has 0 N–H and O–H groups in total. The predicted octanol–water partition coefficient (Wildman–Crippen LogP) is 3.07. The van der Waals surface area contributed by atoms with Crippen molar-refractivity contribution in [2.24, 2.45) is 5.92 Å². The quantitative estimate of drug-likeness (QED) is 0.763. The number of hydrogen-bond acceptors (Lipinski definition) is 2. The number of amides is 1. The topological polar surface area (TPSA) is 44.1 Å². The molecule has 88 valence electrons. The smallest absolute Gasteiger partial charge is 0.227 e. The van der Waals surface area contributed by atoms with Gasteiger partial charge in [0.15, 0.2) is 0 Å². The van der Waals surface area contributed by atoms with Crippen molar-refractivity contribution in [3.8, 4) is 6.07 Å². The van der Waals surface area contributed by atoms with Gasteiger partial charge in [-0.15, -0.1) is 0 Å². The first-order valence-corrected chi connectivity index (χ1v) is 7.13. The summed E-state index contributed by atoms with van der Waals surface area (Å²) in [5, 5.41) is 9.63. The average molecular weight is 358 g/mol. The summed E-state index contributed by atoms with van der Waals surface area (Å²) in [6.07, 6.45) is 0.581. The van der Waals surface area contributed by atoms with Crippen LogP contribution in [0.2, 0.25) is 0 Å². The van der Waals surface area contributed by atoms with Crippen molar-refractivity contribution in [1.82, 2.24) is 0 Å². The molecule has 1 aliphatic heterocycles. The van der Waals surface area contributed by atoms with Crippen molar-refractivity contribution in [3.63, 3.8) is 0 Å². The fourth-order valence-corrected chi connectivity index (χ4v) is 2.94. The third kappa shape index (κ3) is 2.53. The number of nitriles is 1. The van der Waals surface area contributed by atoms with Gasteiger partial charge < -0.3 is 4.90 Å². The van der Waals surface area contributed by atoms with E-state index in [1.54, 1.807) is 17.0 Å². The summed E-state index contributed by atoms with van der Waals surface area (Å²) in [6.45, 7) is 0.731. The Morgan fingerprint density at radius 2 is 2.29 bits per heavy atom. The standard InChI is InChI=1S/C12H10Br2N2O/c13-5-9-4-12(17)16(7-9)11-2-1-8(6-15)3-10(11)14/h1-3,9H,4-5,7H2. The van der Waals surface area contributed by atoms with E-state index in [4.69, 9.17) is 5.26 Å². The van der Waals surface area contributed by atoms with Crippen molar-refractivity contribution >= 4 is 43.5 Å². The first-order chi connectivity index (χ1) is 8.15. The molecule has 1 unspecified atom stereocenters. The van der Waals surface area contributed by atoms with Crippen LogP contribution in [0.5, 0.6) is 0 Å². The van der Waals surface area contributed by atoms with Crippen LogP contribution in [0.4, 0.5) is 5.69 Å². The SMILES string of the molecule is N#Cc1ccc(N2CC(CBr)CC2=O)c(Br)c1. The summed E-state index contributed by atoms with van der Waals surface area (Å²) in [5.41, 5.74) is 1.43. The van der Waals surface area contributed by atoms with Crippen molar-refractivity contribution in [3.05, 3.63) is 28.2 Å². The van der Waals surface area contributed by atoms with Crippen molar-refractivity contribution in [2.75, 3.05) is 16.8 Å². The Hall–Kier alpha value is -0.860. The molecule has 0 aliphatic carbocycles. The monoisotopic (exact) mass is 356 g/mol. The zero-order valence-electron chi connectivity index (χ0n) is 8.99. The van der Waals surface area contributed by atoms with Gasteiger partial charge in [0.25, 0.3) is 0 Å². The van der Waals surface area contributed by atoms with Crippen LogP contribution in [-0.2, 0) is 4.79 Å². The molecule has 0 saturated carbocycles. The maximum Gasteiger partial charge on any atom is 0.227 e. The number of anilines is 1. The molecule has 2 rings (SSSR count). The van der Waals surface area contributed by atoms with Gasteiger partial charge in [-0.25, -0.2) is 0 Å². The molecule has 3 nitrogen and oxygen atoms in total. The highest BCUT2D eigenvalue weighted by molar-refractivity contribution is 9.10. The molecule has 1 atom stereocenters. The van der Waals surface area contributed by atoms with Crippen LogP contribution >= 0.6 is 31.9 Å². The normalized spacial score (nSPS) is 19.5. The summed E-state index contributed by atoms with van der Waals surface area (Å²) in [7, 11) is 0. The van der Waals surface area contributed by atoms with E-state index in [0.29, 0.717) is 17.9 Å². The summed E-state index contributed by atoms with van der Waals surface area (Å²) in [4.78, 5) is 13.6. The Morgan fingerprint density at radius 1 is 1.53 bits per heavy atom. The second-order valence-corrected chi connectivity index (χ2v) is 5.51. The number of benzene rings is 1. The molecule has 1 aromatic carbocycles. The third-order valence-corrected chi connectivity index (χ3v) is 4.34. The molecule has 1 aromatic rings. The predicted molar refractivity (Wildman–Crippen MR) is 73.1 cm³/mol. The van der Waals surface area contributed by atoms with Gasteiger partial charge >= 0.3 is 0 Å². The Kier molecular flexibility index (Phi) is 3.85. The van der Waals surface area contributed by atoms with E-state index < -0.39 is 0 Å². The minimum atomic E-state index is 0.139. The summed E-state index contributed by atoms with van der Waals surface area (Å²) >= 11 is 6.82. The fraction of sp³-hybridized carbons (Fsp3) is 0.333. The van der Waals surface area contributed by atoms with E-state index in [0.717, 1.165) is 22.0 Å². The van der Waals surface area contributed by atoms with E-state index in [1.165, 1.54) is 0 Å². The molecule has 17 heavy (non-hydrogen) atoms. The van der Waals surface area contributed by atoms with Gasteiger partial charge in [-0.2, -0.15) is 5.26 Å². The molecule has 5 heteroatoms. The van der Waals surface area contributed by atoms with Gasteiger partial charge in [-0.3, -0.25) is 4.79 Å². The summed E-state index contributed by atoms with van der Waals surface area (Å²) < 4.78 is 0.792. The second kappa shape index (κ2) is 5.19. The molecule has 0 radical (unpaired) electrons. The molecular formula is C12H10Br2N2O. The van der Waals surface area contributed by atoms with Crippen LogP contribution in [0.15, 0.2) is 22.7 Å². The first-order valence-electron chi connectivity index (χ1n) is 5.21. The molecule has 1 heterocycles. The van der Waals surface area contributed by atoms with Crippen LogP contribution in [0.1, 0.15) is 12.0 Å². The Balaban J connectivity index is 2.29. The molecule has 1 aliphatic rings. The number of carbonyl (C=O) groups is 1. The zero-order chi connectivity index (χ0) is 12.4. The molecule has 1 fully saturated rings. The van der Waals surface area contributed by atoms with E-state index in [2.05, 4.69) is 37.9 Å². The number of carbonyl (C=O) groups excluding carboxylic acids is 1. The highest BCUT2D eigenvalue weighted by Crippen LogP contribution is 2.32. The highest BCUT2D eigenvalue weighted by atomic mass is 79.9. The van der Waals surface area contributed by atoms with Gasteiger partial charge in [-0.05, 0) is 40.0 Å². The molecular weight excluding hydrogens is 348 g/mol. The molecule has 0 bridgehead atoms. The molecule has 0 aromatic heterocycles. The number of halogens is 2. The number of nitrogens with zero attached hydrogens (tertiary/aromatic N) is 2. The van der Waals surface area contributed by atoms with Gasteiger partial charge in [0.1, 0.15) is 0 Å². The van der Waals surface area contributed by atoms with Crippen LogP contribution < -0.4 is 4.90 Å². The molecule has 0 spiro atoms. The Morgan fingerprint density at radius 3 is 2.82 bits per heavy atom. The molecule has 1 amide bonds. The van der Waals surface area contributed by atoms with Crippen LogP contribution in [-0.4, -0.2) is 17.8 Å². The number of alkyl halides is 1. The lowest BCUT2D eigenvalue weighted by Gasteiger charge is -2.18. The average Bonchev–Trinajstić information content (AvgIpc) is 2.70. The summed E-state index contributed by atoms with van der Waals surface area (Å²) in [5.74, 6) is 0.505. The van der Waals surface area contributed by atoms with Gasteiger partial charge in [0.2, 0.25) is 5.91 Å². The first kappa shape index (κ1) is 12.6. The lowest BCUT2D eigenvalue weighted by Crippen LogP contribution is -2.25. The van der Waals surface area contributed by atoms with E-state index in [1.807, 2.05) is 6.07 Å². The van der Waals surface area contributed by atoms with Crippen LogP contribution in [0, 0.1) is 17.2 Å². The molecule has 1 saturated heterocycles. The van der Waals surface area contributed by atoms with Crippen molar-refractivity contribution in [1.29, 1.82) is 5.26 Å². The third-order valence-electron chi connectivity index (χ3n) is 2.79. The lowest BCUT2D eigenvalue weighted by atomic mass is 10.2. The zero-order valence-corrected chi connectivity index (χ0v) is 12.2. The van der Waals surface area contributed by atoms with E-state index in [9.17, 15) is 4.79 Å². The maximum atomic E-state index is 11.9. The lowest BCUT2D eigenvalue weighted by molar-refractivity contribution is -0.117. The van der Waals surface area contributed by atoms with Crippen molar-refractivity contribution < 1.29 is 4.79 Å². The van der Waals surface area contributed by atoms with Gasteiger partial charge in [0, 0.05) is 22.8 Å². The van der Waals surface area contributed by atoms with Crippen LogP contribution in [0.25, 0.3) is 0 Å². The van der Waals surface area contributed by atoms with Crippen LogP contribution in [0.3, 0.4) is 0 Å². The maximum absolute atomic E-state index is 11.9. The Labute approximate surface area is 117 Å². The largest absolute Gasteiger partial charge is 0.311 e. The van der Waals surface area contributed by atoms with E-state index >= 15 is 0 Å². The van der Waals surface area contributed by atoms with E-state index in [-0.39, 0.29) is 5.91 Å². The minimum absolute atomic E-state index is 0.139. The number of hydrogen-bond donors (Lipinski definition) is 0.